The molecule has 6 nitrogen and oxygen atoms in total. The van der Waals surface area contributed by atoms with Crippen molar-refractivity contribution in [2.24, 2.45) is 0 Å². The molecular formula is C25H24ClN3O3. The molecule has 0 radical (unpaired) electrons. The summed E-state index contributed by atoms with van der Waals surface area (Å²) in [5, 5.41) is 10.2. The molecule has 0 aliphatic rings. The lowest BCUT2D eigenvalue weighted by Crippen LogP contribution is -2.18. The zero-order valence-corrected chi connectivity index (χ0v) is 18.7. The van der Waals surface area contributed by atoms with Gasteiger partial charge in [0.05, 0.1) is 6.54 Å². The number of aromatic nitrogens is 3. The van der Waals surface area contributed by atoms with Gasteiger partial charge in [0.15, 0.2) is 5.65 Å². The smallest absolute Gasteiger partial charge is 0.349 e. The average Bonchev–Trinajstić information content (AvgIpc) is 3.12. The summed E-state index contributed by atoms with van der Waals surface area (Å²) in [6, 6.07) is 16.0. The number of hydrogen-bond donors (Lipinski definition) is 1. The molecule has 1 N–H and O–H groups in total. The maximum atomic E-state index is 11.7. The Labute approximate surface area is 191 Å². The molecule has 0 fully saturated rings. The maximum Gasteiger partial charge on any atom is 0.349 e. The molecule has 1 atom stereocenters. The highest BCUT2D eigenvalue weighted by Crippen LogP contribution is 2.25. The highest BCUT2D eigenvalue weighted by atomic mass is 35.5. The van der Waals surface area contributed by atoms with E-state index in [1.54, 1.807) is 36.4 Å². The third-order valence-corrected chi connectivity index (χ3v) is 5.56. The molecule has 0 amide bonds. The van der Waals surface area contributed by atoms with Crippen LogP contribution >= 0.6 is 11.6 Å². The second-order valence-electron chi connectivity index (χ2n) is 7.70. The number of rotatable bonds is 8. The second-order valence-corrected chi connectivity index (χ2v) is 8.13. The molecule has 2 heterocycles. The van der Waals surface area contributed by atoms with Crippen molar-refractivity contribution in [3.05, 3.63) is 88.3 Å². The van der Waals surface area contributed by atoms with Crippen LogP contribution in [-0.4, -0.2) is 25.6 Å². The first-order valence-electron chi connectivity index (χ1n) is 10.5. The van der Waals surface area contributed by atoms with E-state index >= 15 is 0 Å². The molecule has 0 aliphatic heterocycles. The lowest BCUT2D eigenvalue weighted by Gasteiger charge is -2.16. The van der Waals surface area contributed by atoms with Gasteiger partial charge in [-0.15, -0.1) is 0 Å². The number of aryl methyl sites for hydroxylation is 2. The molecule has 32 heavy (non-hydrogen) atoms. The normalized spacial score (nSPS) is 12.1. The van der Waals surface area contributed by atoms with Crippen molar-refractivity contribution in [1.29, 1.82) is 0 Å². The highest BCUT2D eigenvalue weighted by molar-refractivity contribution is 6.30. The number of carboxylic acid groups (broad SMARTS) is 1. The fraction of sp³-hybridized carbons (Fsp3) is 0.240. The van der Waals surface area contributed by atoms with Crippen molar-refractivity contribution in [3.8, 4) is 5.75 Å². The van der Waals surface area contributed by atoms with E-state index in [0.29, 0.717) is 22.9 Å². The summed E-state index contributed by atoms with van der Waals surface area (Å²) in [5.41, 5.74) is 4.50. The van der Waals surface area contributed by atoms with Crippen molar-refractivity contribution in [3.63, 3.8) is 0 Å². The summed E-state index contributed by atoms with van der Waals surface area (Å²) in [6.45, 7) is 4.81. The largest absolute Gasteiger partial charge is 0.478 e. The monoisotopic (exact) mass is 449 g/mol. The van der Waals surface area contributed by atoms with Crippen molar-refractivity contribution < 1.29 is 14.6 Å². The van der Waals surface area contributed by atoms with E-state index in [4.69, 9.17) is 21.3 Å². The molecule has 0 saturated heterocycles. The minimum atomic E-state index is -1.11. The molecule has 0 bridgehead atoms. The number of ether oxygens (including phenoxy) is 1. The van der Waals surface area contributed by atoms with Crippen LogP contribution in [0.1, 0.15) is 42.0 Å². The van der Waals surface area contributed by atoms with Gasteiger partial charge in [-0.05, 0) is 54.8 Å². The number of aliphatic carboxylic acids is 1. The molecule has 7 heteroatoms. The lowest BCUT2D eigenvalue weighted by molar-refractivity contribution is -0.145. The van der Waals surface area contributed by atoms with Crippen molar-refractivity contribution in [2.45, 2.75) is 39.3 Å². The van der Waals surface area contributed by atoms with E-state index in [1.807, 2.05) is 31.3 Å². The fourth-order valence-corrected chi connectivity index (χ4v) is 3.78. The van der Waals surface area contributed by atoms with Crippen LogP contribution in [-0.2, 0) is 17.8 Å². The number of imidazole rings is 1. The summed E-state index contributed by atoms with van der Waals surface area (Å²) in [7, 11) is 0. The third kappa shape index (κ3) is 4.60. The number of fused-ring (bicyclic) bond motifs is 1. The molecule has 2 aromatic carbocycles. The molecule has 1 unspecified atom stereocenters. The molecule has 4 rings (SSSR count). The van der Waals surface area contributed by atoms with Gasteiger partial charge in [-0.25, -0.2) is 14.8 Å². The van der Waals surface area contributed by atoms with E-state index in [9.17, 15) is 9.90 Å². The number of benzene rings is 2. The van der Waals surface area contributed by atoms with Gasteiger partial charge in [0.2, 0.25) is 6.10 Å². The van der Waals surface area contributed by atoms with Crippen LogP contribution in [0, 0.1) is 6.92 Å². The number of carbonyl (C=O) groups is 1. The molecule has 0 spiro atoms. The Morgan fingerprint density at radius 3 is 2.50 bits per heavy atom. The molecular weight excluding hydrogens is 426 g/mol. The molecule has 0 saturated carbocycles. The van der Waals surface area contributed by atoms with E-state index in [0.717, 1.165) is 41.0 Å². The van der Waals surface area contributed by atoms with Crippen molar-refractivity contribution >= 4 is 28.7 Å². The summed E-state index contributed by atoms with van der Waals surface area (Å²) in [5.74, 6) is 0.430. The molecule has 0 aliphatic carbocycles. The number of pyridine rings is 1. The standard InChI is InChI=1S/C25H24ClN3O3/c1-3-4-21-28-22-16(2)13-14-27-24(22)29(21)15-17-5-11-20(12-6-17)32-23(25(30)31)18-7-9-19(26)10-8-18/h5-14,23H,3-4,15H2,1-2H3,(H,30,31). The Kier molecular flexibility index (Phi) is 6.42. The van der Waals surface area contributed by atoms with Gasteiger partial charge < -0.3 is 14.4 Å². The van der Waals surface area contributed by atoms with Gasteiger partial charge in [-0.3, -0.25) is 0 Å². The van der Waals surface area contributed by atoms with Crippen molar-refractivity contribution in [1.82, 2.24) is 14.5 Å². The first kappa shape index (κ1) is 21.8. The lowest BCUT2D eigenvalue weighted by atomic mass is 10.1. The molecule has 164 valence electrons. The van der Waals surface area contributed by atoms with E-state index < -0.39 is 12.1 Å². The minimum absolute atomic E-state index is 0.481. The number of nitrogens with zero attached hydrogens (tertiary/aromatic N) is 3. The van der Waals surface area contributed by atoms with Crippen LogP contribution in [0.4, 0.5) is 0 Å². The van der Waals surface area contributed by atoms with Crippen LogP contribution < -0.4 is 4.74 Å². The predicted molar refractivity (Wildman–Crippen MR) is 124 cm³/mol. The van der Waals surface area contributed by atoms with Crippen LogP contribution in [0.15, 0.2) is 60.8 Å². The van der Waals surface area contributed by atoms with E-state index in [1.165, 1.54) is 0 Å². The first-order valence-corrected chi connectivity index (χ1v) is 10.9. The van der Waals surface area contributed by atoms with Gasteiger partial charge >= 0.3 is 5.97 Å². The third-order valence-electron chi connectivity index (χ3n) is 5.30. The average molecular weight is 450 g/mol. The first-order chi connectivity index (χ1) is 15.5. The van der Waals surface area contributed by atoms with Crippen LogP contribution in [0.5, 0.6) is 5.75 Å². The summed E-state index contributed by atoms with van der Waals surface area (Å²) < 4.78 is 7.91. The van der Waals surface area contributed by atoms with Gasteiger partial charge in [0.25, 0.3) is 0 Å². The zero-order chi connectivity index (χ0) is 22.7. The zero-order valence-electron chi connectivity index (χ0n) is 18.0. The quantitative estimate of drug-likeness (QED) is 0.379. The Bertz CT molecular complexity index is 1230. The minimum Gasteiger partial charge on any atom is -0.478 e. The van der Waals surface area contributed by atoms with Crippen molar-refractivity contribution in [2.75, 3.05) is 0 Å². The van der Waals surface area contributed by atoms with Gasteiger partial charge in [-0.2, -0.15) is 0 Å². The highest BCUT2D eigenvalue weighted by Gasteiger charge is 2.22. The number of carboxylic acids is 1. The maximum absolute atomic E-state index is 11.7. The summed E-state index contributed by atoms with van der Waals surface area (Å²) in [6.07, 6.45) is 2.57. The molecule has 2 aromatic heterocycles. The fourth-order valence-electron chi connectivity index (χ4n) is 3.65. The van der Waals surface area contributed by atoms with E-state index in [-0.39, 0.29) is 0 Å². The number of halogens is 1. The van der Waals surface area contributed by atoms with Crippen LogP contribution in [0.3, 0.4) is 0 Å². The number of hydrogen-bond acceptors (Lipinski definition) is 4. The van der Waals surface area contributed by atoms with Crippen LogP contribution in [0.25, 0.3) is 11.2 Å². The van der Waals surface area contributed by atoms with Gasteiger partial charge in [0.1, 0.15) is 17.1 Å². The second kappa shape index (κ2) is 9.40. The Morgan fingerprint density at radius 1 is 1.12 bits per heavy atom. The summed E-state index contributed by atoms with van der Waals surface area (Å²) >= 11 is 5.91. The predicted octanol–water partition coefficient (Wildman–Crippen LogP) is 5.60. The van der Waals surface area contributed by atoms with Gasteiger partial charge in [-0.1, -0.05) is 42.8 Å². The Balaban J connectivity index is 1.57. The van der Waals surface area contributed by atoms with Gasteiger partial charge in [0, 0.05) is 23.2 Å². The van der Waals surface area contributed by atoms with E-state index in [2.05, 4.69) is 16.5 Å². The topological polar surface area (TPSA) is 77.2 Å². The van der Waals surface area contributed by atoms with Crippen LogP contribution in [0.2, 0.25) is 5.02 Å². The molecule has 4 aromatic rings. The Hall–Kier alpha value is -3.38. The Morgan fingerprint density at radius 2 is 1.84 bits per heavy atom. The summed E-state index contributed by atoms with van der Waals surface area (Å²) in [4.78, 5) is 21.1. The SMILES string of the molecule is CCCc1nc2c(C)ccnc2n1Cc1ccc(OC(C(=O)O)c2ccc(Cl)cc2)cc1.